The van der Waals surface area contributed by atoms with E-state index in [0.29, 0.717) is 12.4 Å². The van der Waals surface area contributed by atoms with Crippen molar-refractivity contribution in [2.24, 2.45) is 7.05 Å². The van der Waals surface area contributed by atoms with Gasteiger partial charge in [-0.25, -0.2) is 0 Å². The van der Waals surface area contributed by atoms with Crippen molar-refractivity contribution >= 4 is 11.5 Å². The van der Waals surface area contributed by atoms with E-state index in [4.69, 9.17) is 0 Å². The minimum absolute atomic E-state index is 0.0104. The van der Waals surface area contributed by atoms with Crippen LogP contribution in [0.4, 0.5) is 11.5 Å². The van der Waals surface area contributed by atoms with Crippen LogP contribution in [0.2, 0.25) is 0 Å². The summed E-state index contributed by atoms with van der Waals surface area (Å²) in [7, 11) is 5.53. The SMILES string of the molecule is CN(C)CCNc1nn(C)cc1[N+](=O)[O-]. The molecule has 7 heteroatoms. The van der Waals surface area contributed by atoms with Gasteiger partial charge in [-0.1, -0.05) is 0 Å². The molecule has 0 atom stereocenters. The monoisotopic (exact) mass is 213 g/mol. The van der Waals surface area contributed by atoms with Crippen LogP contribution >= 0.6 is 0 Å². The van der Waals surface area contributed by atoms with Crippen LogP contribution < -0.4 is 5.32 Å². The van der Waals surface area contributed by atoms with E-state index in [9.17, 15) is 10.1 Å². The Hall–Kier alpha value is -1.63. The summed E-state index contributed by atoms with van der Waals surface area (Å²) in [5, 5.41) is 17.5. The average Bonchev–Trinajstić information content (AvgIpc) is 2.46. The normalized spacial score (nSPS) is 10.7. The molecule has 0 aliphatic rings. The van der Waals surface area contributed by atoms with Crippen LogP contribution in [0, 0.1) is 10.1 Å². The second-order valence-corrected chi connectivity index (χ2v) is 3.52. The zero-order valence-electron chi connectivity index (χ0n) is 9.10. The lowest BCUT2D eigenvalue weighted by atomic mass is 10.5. The van der Waals surface area contributed by atoms with Gasteiger partial charge in [-0.15, -0.1) is 5.10 Å². The van der Waals surface area contributed by atoms with Gasteiger partial charge in [-0.3, -0.25) is 14.8 Å². The fraction of sp³-hybridized carbons (Fsp3) is 0.625. The predicted octanol–water partition coefficient (Wildman–Crippen LogP) is 0.302. The van der Waals surface area contributed by atoms with Crippen molar-refractivity contribution in [2.75, 3.05) is 32.5 Å². The van der Waals surface area contributed by atoms with Crippen molar-refractivity contribution in [3.63, 3.8) is 0 Å². The number of nitrogens with zero attached hydrogens (tertiary/aromatic N) is 4. The van der Waals surface area contributed by atoms with Crippen LogP contribution in [0.1, 0.15) is 0 Å². The molecule has 0 aliphatic heterocycles. The van der Waals surface area contributed by atoms with Gasteiger partial charge in [-0.2, -0.15) is 0 Å². The summed E-state index contributed by atoms with van der Waals surface area (Å²) in [6.45, 7) is 1.43. The third-order valence-corrected chi connectivity index (χ3v) is 1.86. The predicted molar refractivity (Wildman–Crippen MR) is 56.9 cm³/mol. The molecule has 0 amide bonds. The van der Waals surface area contributed by atoms with Gasteiger partial charge < -0.3 is 10.2 Å². The fourth-order valence-corrected chi connectivity index (χ4v) is 1.13. The first-order valence-electron chi connectivity index (χ1n) is 4.57. The quantitative estimate of drug-likeness (QED) is 0.562. The first kappa shape index (κ1) is 11.4. The number of rotatable bonds is 5. The molecule has 0 saturated heterocycles. The Bertz CT molecular complexity index is 347. The summed E-state index contributed by atoms with van der Waals surface area (Å²) in [6, 6.07) is 0. The van der Waals surface area contributed by atoms with Gasteiger partial charge in [0, 0.05) is 20.1 Å². The summed E-state index contributed by atoms with van der Waals surface area (Å²) >= 11 is 0. The lowest BCUT2D eigenvalue weighted by molar-refractivity contribution is -0.384. The highest BCUT2D eigenvalue weighted by Crippen LogP contribution is 2.20. The van der Waals surface area contributed by atoms with Gasteiger partial charge >= 0.3 is 5.69 Å². The smallest absolute Gasteiger partial charge is 0.330 e. The Balaban J connectivity index is 2.63. The third kappa shape index (κ3) is 3.21. The van der Waals surface area contributed by atoms with E-state index in [1.165, 1.54) is 10.9 Å². The molecule has 1 aromatic rings. The fourth-order valence-electron chi connectivity index (χ4n) is 1.13. The van der Waals surface area contributed by atoms with Crippen molar-refractivity contribution < 1.29 is 4.92 Å². The van der Waals surface area contributed by atoms with Gasteiger partial charge in [0.15, 0.2) is 0 Å². The average molecular weight is 213 g/mol. The van der Waals surface area contributed by atoms with Gasteiger partial charge in [0.1, 0.15) is 6.20 Å². The Morgan fingerprint density at radius 2 is 2.33 bits per heavy atom. The lowest BCUT2D eigenvalue weighted by Gasteiger charge is -2.09. The third-order valence-electron chi connectivity index (χ3n) is 1.86. The molecule has 15 heavy (non-hydrogen) atoms. The zero-order valence-corrected chi connectivity index (χ0v) is 9.10. The maximum atomic E-state index is 10.6. The first-order chi connectivity index (χ1) is 7.00. The largest absolute Gasteiger partial charge is 0.362 e. The Kier molecular flexibility index (Phi) is 3.62. The van der Waals surface area contributed by atoms with Crippen LogP contribution in [0.3, 0.4) is 0 Å². The number of hydrogen-bond donors (Lipinski definition) is 1. The van der Waals surface area contributed by atoms with E-state index >= 15 is 0 Å². The number of aromatic nitrogens is 2. The summed E-state index contributed by atoms with van der Waals surface area (Å²) < 4.78 is 1.43. The molecule has 1 aromatic heterocycles. The lowest BCUT2D eigenvalue weighted by Crippen LogP contribution is -2.21. The van der Waals surface area contributed by atoms with Crippen molar-refractivity contribution in [1.82, 2.24) is 14.7 Å². The molecule has 1 heterocycles. The molecular formula is C8H15N5O2. The van der Waals surface area contributed by atoms with Gasteiger partial charge in [0.2, 0.25) is 5.82 Å². The molecule has 0 bridgehead atoms. The van der Waals surface area contributed by atoms with Crippen molar-refractivity contribution in [3.8, 4) is 0 Å². The first-order valence-corrected chi connectivity index (χ1v) is 4.57. The molecule has 0 fully saturated rings. The number of anilines is 1. The molecule has 84 valence electrons. The van der Waals surface area contributed by atoms with Crippen LogP contribution in [0.25, 0.3) is 0 Å². The highest BCUT2D eigenvalue weighted by molar-refractivity contribution is 5.54. The zero-order chi connectivity index (χ0) is 11.4. The van der Waals surface area contributed by atoms with Crippen LogP contribution in [-0.4, -0.2) is 46.8 Å². The van der Waals surface area contributed by atoms with E-state index in [-0.39, 0.29) is 5.69 Å². The highest BCUT2D eigenvalue weighted by atomic mass is 16.6. The van der Waals surface area contributed by atoms with Crippen LogP contribution in [-0.2, 0) is 7.05 Å². The van der Waals surface area contributed by atoms with Gasteiger partial charge in [0.25, 0.3) is 0 Å². The topological polar surface area (TPSA) is 76.2 Å². The maximum Gasteiger partial charge on any atom is 0.330 e. The van der Waals surface area contributed by atoms with Crippen molar-refractivity contribution in [1.29, 1.82) is 0 Å². The minimum Gasteiger partial charge on any atom is -0.362 e. The molecule has 0 aliphatic carbocycles. The molecule has 7 nitrogen and oxygen atoms in total. The minimum atomic E-state index is -0.439. The number of aryl methyl sites for hydroxylation is 1. The summed E-state index contributed by atoms with van der Waals surface area (Å²) in [6.07, 6.45) is 1.39. The molecule has 0 spiro atoms. The van der Waals surface area contributed by atoms with E-state index in [2.05, 4.69) is 10.4 Å². The number of likely N-dealkylation sites (N-methyl/N-ethyl adjacent to an activating group) is 1. The Morgan fingerprint density at radius 1 is 1.67 bits per heavy atom. The molecular weight excluding hydrogens is 198 g/mol. The summed E-state index contributed by atoms with van der Waals surface area (Å²) in [5.41, 5.74) is 0.0104. The van der Waals surface area contributed by atoms with E-state index in [0.717, 1.165) is 6.54 Å². The summed E-state index contributed by atoms with van der Waals surface area (Å²) in [5.74, 6) is 0.323. The molecule has 0 aromatic carbocycles. The maximum absolute atomic E-state index is 10.6. The van der Waals surface area contributed by atoms with E-state index < -0.39 is 4.92 Å². The second kappa shape index (κ2) is 4.74. The molecule has 0 unspecified atom stereocenters. The standard InChI is InChI=1S/C8H15N5O2/c1-11(2)5-4-9-8-7(13(14)15)6-12(3)10-8/h6H,4-5H2,1-3H3,(H,9,10). The number of nitro groups is 1. The van der Waals surface area contributed by atoms with E-state index in [1.807, 2.05) is 19.0 Å². The Morgan fingerprint density at radius 3 is 2.87 bits per heavy atom. The Labute approximate surface area is 87.8 Å². The molecule has 1 N–H and O–H groups in total. The van der Waals surface area contributed by atoms with Gasteiger partial charge in [-0.05, 0) is 14.1 Å². The van der Waals surface area contributed by atoms with Crippen molar-refractivity contribution in [2.45, 2.75) is 0 Å². The van der Waals surface area contributed by atoms with Gasteiger partial charge in [0.05, 0.1) is 4.92 Å². The molecule has 0 radical (unpaired) electrons. The van der Waals surface area contributed by atoms with Crippen molar-refractivity contribution in [3.05, 3.63) is 16.3 Å². The van der Waals surface area contributed by atoms with Crippen LogP contribution in [0.5, 0.6) is 0 Å². The second-order valence-electron chi connectivity index (χ2n) is 3.52. The summed E-state index contributed by atoms with van der Waals surface area (Å²) in [4.78, 5) is 12.2. The van der Waals surface area contributed by atoms with E-state index in [1.54, 1.807) is 7.05 Å². The molecule has 1 rings (SSSR count). The highest BCUT2D eigenvalue weighted by Gasteiger charge is 2.17. The van der Waals surface area contributed by atoms with Crippen LogP contribution in [0.15, 0.2) is 6.20 Å². The molecule has 0 saturated carbocycles. The number of hydrogen-bond acceptors (Lipinski definition) is 5. The number of nitrogens with one attached hydrogen (secondary N) is 1.